The SMILES string of the molecule is COc1ccccc1NC(=O)Cn1c(=O)n(Cc2ccco2)c(=O)c2oc3ccccc3c21. The Labute approximate surface area is 186 Å². The molecule has 1 amide bonds. The van der Waals surface area contributed by atoms with Crippen LogP contribution in [-0.4, -0.2) is 22.2 Å². The summed E-state index contributed by atoms with van der Waals surface area (Å²) in [7, 11) is 1.50. The molecule has 5 rings (SSSR count). The topological polar surface area (TPSA) is 109 Å². The summed E-state index contributed by atoms with van der Waals surface area (Å²) in [4.78, 5) is 39.5. The van der Waals surface area contributed by atoms with E-state index in [0.29, 0.717) is 28.2 Å². The van der Waals surface area contributed by atoms with Gasteiger partial charge in [0.2, 0.25) is 11.5 Å². The van der Waals surface area contributed by atoms with Crippen molar-refractivity contribution in [3.05, 3.63) is 93.5 Å². The summed E-state index contributed by atoms with van der Waals surface area (Å²) < 4.78 is 18.6. The van der Waals surface area contributed by atoms with Crippen LogP contribution in [0.1, 0.15) is 5.76 Å². The average Bonchev–Trinajstić information content (AvgIpc) is 3.48. The van der Waals surface area contributed by atoms with E-state index >= 15 is 0 Å². The van der Waals surface area contributed by atoms with Crippen LogP contribution in [0.15, 0.2) is 85.4 Å². The van der Waals surface area contributed by atoms with Gasteiger partial charge in [-0.1, -0.05) is 24.3 Å². The van der Waals surface area contributed by atoms with Crippen LogP contribution in [0.4, 0.5) is 5.69 Å². The first-order valence-electron chi connectivity index (χ1n) is 10.2. The molecule has 0 saturated heterocycles. The Morgan fingerprint density at radius 3 is 2.58 bits per heavy atom. The molecular formula is C24H19N3O6. The van der Waals surface area contributed by atoms with Gasteiger partial charge < -0.3 is 18.9 Å². The fourth-order valence-electron chi connectivity index (χ4n) is 3.82. The number of nitrogens with zero attached hydrogens (tertiary/aromatic N) is 2. The van der Waals surface area contributed by atoms with E-state index in [1.165, 1.54) is 17.9 Å². The Hall–Kier alpha value is -4.53. The molecular weight excluding hydrogens is 426 g/mol. The van der Waals surface area contributed by atoms with Gasteiger partial charge in [-0.05, 0) is 36.4 Å². The fourth-order valence-corrected chi connectivity index (χ4v) is 3.82. The van der Waals surface area contributed by atoms with Gasteiger partial charge in [-0.25, -0.2) is 9.36 Å². The Kier molecular flexibility index (Phi) is 5.06. The van der Waals surface area contributed by atoms with Crippen molar-refractivity contribution in [1.29, 1.82) is 0 Å². The summed E-state index contributed by atoms with van der Waals surface area (Å²) in [6.45, 7) is -0.429. The van der Waals surface area contributed by atoms with Gasteiger partial charge in [0.1, 0.15) is 29.2 Å². The van der Waals surface area contributed by atoms with Crippen molar-refractivity contribution in [2.24, 2.45) is 0 Å². The molecule has 0 unspecified atom stereocenters. The first kappa shape index (κ1) is 20.4. The number of para-hydroxylation sites is 3. The Balaban J connectivity index is 1.65. The number of aromatic nitrogens is 2. The van der Waals surface area contributed by atoms with Crippen molar-refractivity contribution in [2.45, 2.75) is 13.1 Å². The predicted molar refractivity (Wildman–Crippen MR) is 122 cm³/mol. The number of benzene rings is 2. The standard InChI is InChI=1S/C24H19N3O6/c1-31-19-11-5-3-9-17(19)25-20(28)14-26-21-16-8-2-4-10-18(16)33-22(21)23(29)27(24(26)30)13-15-7-6-12-32-15/h2-12H,13-14H2,1H3,(H,25,28). The minimum absolute atomic E-state index is 0.00699. The fraction of sp³-hybridized carbons (Fsp3) is 0.125. The lowest BCUT2D eigenvalue weighted by Crippen LogP contribution is -2.41. The van der Waals surface area contributed by atoms with E-state index in [1.54, 1.807) is 60.7 Å². The lowest BCUT2D eigenvalue weighted by molar-refractivity contribution is -0.116. The minimum Gasteiger partial charge on any atom is -0.495 e. The van der Waals surface area contributed by atoms with E-state index in [4.69, 9.17) is 13.6 Å². The molecule has 0 aliphatic carbocycles. The largest absolute Gasteiger partial charge is 0.495 e. The smallest absolute Gasteiger partial charge is 0.332 e. The Morgan fingerprint density at radius 2 is 1.79 bits per heavy atom. The van der Waals surface area contributed by atoms with E-state index < -0.39 is 17.2 Å². The lowest BCUT2D eigenvalue weighted by Gasteiger charge is -2.13. The van der Waals surface area contributed by atoms with Gasteiger partial charge in [-0.15, -0.1) is 0 Å². The summed E-state index contributed by atoms with van der Waals surface area (Å²) in [6, 6.07) is 17.3. The van der Waals surface area contributed by atoms with Gasteiger partial charge >= 0.3 is 5.69 Å². The number of carbonyl (C=O) groups is 1. The zero-order chi connectivity index (χ0) is 22.9. The number of methoxy groups -OCH3 is 1. The maximum Gasteiger partial charge on any atom is 0.332 e. The number of anilines is 1. The molecule has 3 heterocycles. The zero-order valence-electron chi connectivity index (χ0n) is 17.6. The number of nitrogens with one attached hydrogen (secondary N) is 1. The van der Waals surface area contributed by atoms with Gasteiger partial charge in [0.25, 0.3) is 5.56 Å². The summed E-state index contributed by atoms with van der Waals surface area (Å²) in [6.07, 6.45) is 1.46. The molecule has 0 atom stereocenters. The minimum atomic E-state index is -0.648. The number of rotatable bonds is 6. The van der Waals surface area contributed by atoms with Crippen molar-refractivity contribution in [3.63, 3.8) is 0 Å². The van der Waals surface area contributed by atoms with Crippen molar-refractivity contribution in [2.75, 3.05) is 12.4 Å². The second-order valence-electron chi connectivity index (χ2n) is 7.36. The van der Waals surface area contributed by atoms with E-state index in [9.17, 15) is 14.4 Å². The maximum absolute atomic E-state index is 13.4. The molecule has 0 aliphatic rings. The van der Waals surface area contributed by atoms with Gasteiger partial charge in [0, 0.05) is 5.39 Å². The zero-order valence-corrected chi connectivity index (χ0v) is 17.6. The number of furan rings is 2. The van der Waals surface area contributed by atoms with Crippen LogP contribution in [0.3, 0.4) is 0 Å². The molecule has 1 N–H and O–H groups in total. The normalized spacial score (nSPS) is 11.2. The van der Waals surface area contributed by atoms with Crippen molar-refractivity contribution < 1.29 is 18.4 Å². The van der Waals surface area contributed by atoms with Crippen molar-refractivity contribution >= 4 is 33.7 Å². The number of ether oxygens (including phenoxy) is 1. The third-order valence-corrected chi connectivity index (χ3v) is 5.32. The second kappa shape index (κ2) is 8.19. The molecule has 9 heteroatoms. The average molecular weight is 445 g/mol. The maximum atomic E-state index is 13.4. The molecule has 9 nitrogen and oxygen atoms in total. The molecule has 5 aromatic rings. The van der Waals surface area contributed by atoms with Crippen LogP contribution in [0.25, 0.3) is 22.1 Å². The predicted octanol–water partition coefficient (Wildman–Crippen LogP) is 3.20. The van der Waals surface area contributed by atoms with Crippen molar-refractivity contribution in [3.8, 4) is 5.75 Å². The first-order valence-corrected chi connectivity index (χ1v) is 10.2. The van der Waals surface area contributed by atoms with Crippen LogP contribution in [-0.2, 0) is 17.9 Å². The van der Waals surface area contributed by atoms with Crippen LogP contribution in [0.2, 0.25) is 0 Å². The molecule has 33 heavy (non-hydrogen) atoms. The van der Waals surface area contributed by atoms with E-state index in [-0.39, 0.29) is 24.2 Å². The molecule has 0 spiro atoms. The summed E-state index contributed by atoms with van der Waals surface area (Å²) in [5, 5.41) is 3.33. The summed E-state index contributed by atoms with van der Waals surface area (Å²) in [5.74, 6) is 0.450. The number of carbonyl (C=O) groups excluding carboxylic acids is 1. The van der Waals surface area contributed by atoms with Gasteiger partial charge in [-0.2, -0.15) is 0 Å². The lowest BCUT2D eigenvalue weighted by atomic mass is 10.2. The molecule has 0 saturated carbocycles. The number of amides is 1. The van der Waals surface area contributed by atoms with Crippen LogP contribution < -0.4 is 21.3 Å². The van der Waals surface area contributed by atoms with Crippen LogP contribution in [0.5, 0.6) is 5.75 Å². The third kappa shape index (κ3) is 3.59. The van der Waals surface area contributed by atoms with Crippen molar-refractivity contribution in [1.82, 2.24) is 9.13 Å². The molecule has 0 bridgehead atoms. The van der Waals surface area contributed by atoms with Gasteiger partial charge in [0.15, 0.2) is 0 Å². The monoisotopic (exact) mass is 445 g/mol. The summed E-state index contributed by atoms with van der Waals surface area (Å²) >= 11 is 0. The van der Waals surface area contributed by atoms with Gasteiger partial charge in [0.05, 0.1) is 25.6 Å². The van der Waals surface area contributed by atoms with Crippen LogP contribution >= 0.6 is 0 Å². The molecule has 2 aromatic carbocycles. The third-order valence-electron chi connectivity index (χ3n) is 5.32. The van der Waals surface area contributed by atoms with Crippen LogP contribution in [0, 0.1) is 0 Å². The molecule has 0 radical (unpaired) electrons. The summed E-state index contributed by atoms with van der Waals surface area (Å²) in [5.41, 5.74) is -0.0672. The van der Waals surface area contributed by atoms with Gasteiger partial charge in [-0.3, -0.25) is 14.2 Å². The van der Waals surface area contributed by atoms with E-state index in [0.717, 1.165) is 4.57 Å². The highest BCUT2D eigenvalue weighted by Crippen LogP contribution is 2.26. The number of fused-ring (bicyclic) bond motifs is 3. The Morgan fingerprint density at radius 1 is 1.00 bits per heavy atom. The highest BCUT2D eigenvalue weighted by atomic mass is 16.5. The second-order valence-corrected chi connectivity index (χ2v) is 7.36. The first-order chi connectivity index (χ1) is 16.1. The molecule has 0 fully saturated rings. The highest BCUT2D eigenvalue weighted by molar-refractivity contribution is 6.03. The van der Waals surface area contributed by atoms with E-state index in [1.807, 2.05) is 0 Å². The highest BCUT2D eigenvalue weighted by Gasteiger charge is 2.22. The number of hydrogen-bond acceptors (Lipinski definition) is 6. The quantitative estimate of drug-likeness (QED) is 0.430. The Bertz CT molecular complexity index is 1590. The number of hydrogen-bond donors (Lipinski definition) is 1. The molecule has 0 aliphatic heterocycles. The van der Waals surface area contributed by atoms with E-state index in [2.05, 4.69) is 5.32 Å². The molecule has 166 valence electrons. The molecule has 3 aromatic heterocycles.